The molecular weight excluding hydrogens is 346 g/mol. The largest absolute Gasteiger partial charge is 0.480 e. The predicted octanol–water partition coefficient (Wildman–Crippen LogP) is 0.490. The number of benzene rings is 1. The summed E-state index contributed by atoms with van der Waals surface area (Å²) < 4.78 is 0. The van der Waals surface area contributed by atoms with Crippen molar-refractivity contribution in [3.63, 3.8) is 0 Å². The van der Waals surface area contributed by atoms with E-state index < -0.39 is 35.3 Å². The molecule has 8 nitrogen and oxygen atoms in total. The van der Waals surface area contributed by atoms with Crippen LogP contribution in [0.4, 0.5) is 0 Å². The first-order chi connectivity index (χ1) is 11.8. The van der Waals surface area contributed by atoms with Crippen LogP contribution in [-0.4, -0.2) is 50.9 Å². The van der Waals surface area contributed by atoms with Gasteiger partial charge in [0.15, 0.2) is 6.04 Å². The van der Waals surface area contributed by atoms with Crippen molar-refractivity contribution in [1.82, 2.24) is 5.32 Å². The average Bonchev–Trinajstić information content (AvgIpc) is 2.59. The van der Waals surface area contributed by atoms with Crippen LogP contribution >= 0.6 is 11.8 Å². The molecule has 9 heteroatoms. The summed E-state index contributed by atoms with van der Waals surface area (Å²) in [6, 6.07) is 6.15. The zero-order valence-corrected chi connectivity index (χ0v) is 14.3. The van der Waals surface area contributed by atoms with Gasteiger partial charge in [-0.2, -0.15) is 0 Å². The van der Waals surface area contributed by atoms with E-state index in [9.17, 15) is 24.6 Å². The molecule has 0 spiro atoms. The van der Waals surface area contributed by atoms with E-state index in [-0.39, 0.29) is 11.6 Å². The number of amides is 1. The molecule has 1 aromatic carbocycles. The van der Waals surface area contributed by atoms with Gasteiger partial charge in [-0.05, 0) is 5.56 Å². The molecule has 25 heavy (non-hydrogen) atoms. The molecule has 0 bridgehead atoms. The lowest BCUT2D eigenvalue weighted by molar-refractivity contribution is -0.142. The van der Waals surface area contributed by atoms with Crippen LogP contribution in [0.5, 0.6) is 0 Å². The molecule has 134 valence electrons. The van der Waals surface area contributed by atoms with E-state index in [1.807, 2.05) is 0 Å². The van der Waals surface area contributed by atoms with Gasteiger partial charge < -0.3 is 21.3 Å². The van der Waals surface area contributed by atoms with Crippen LogP contribution in [-0.2, 0) is 14.4 Å². The topological polar surface area (TPSA) is 142 Å². The fourth-order valence-corrected chi connectivity index (χ4v) is 3.58. The Morgan fingerprint density at radius 1 is 1.28 bits per heavy atom. The molecular formula is C16H19N3O5S. The minimum atomic E-state index is -1.37. The van der Waals surface area contributed by atoms with Crippen molar-refractivity contribution in [1.29, 1.82) is 0 Å². The Hall–Kier alpha value is -2.39. The van der Waals surface area contributed by atoms with E-state index in [0.717, 1.165) is 0 Å². The molecule has 1 aliphatic heterocycles. The van der Waals surface area contributed by atoms with Crippen LogP contribution < -0.4 is 11.1 Å². The third kappa shape index (κ3) is 4.58. The van der Waals surface area contributed by atoms with Gasteiger partial charge in [0.1, 0.15) is 17.1 Å². The number of hydrogen-bond acceptors (Lipinski definition) is 6. The van der Waals surface area contributed by atoms with Crippen LogP contribution in [0.25, 0.3) is 0 Å². The van der Waals surface area contributed by atoms with Gasteiger partial charge in [-0.3, -0.25) is 9.79 Å². The molecule has 0 aromatic heterocycles. The Kier molecular flexibility index (Phi) is 6.16. The second-order valence-electron chi connectivity index (χ2n) is 5.66. The number of nitrogens with zero attached hydrogens (tertiary/aromatic N) is 1. The molecule has 1 heterocycles. The minimum Gasteiger partial charge on any atom is -0.480 e. The summed E-state index contributed by atoms with van der Waals surface area (Å²) in [4.78, 5) is 39.1. The Balaban J connectivity index is 2.17. The first-order valence-corrected chi connectivity index (χ1v) is 8.62. The van der Waals surface area contributed by atoms with Crippen molar-refractivity contribution in [2.24, 2.45) is 16.6 Å². The summed E-state index contributed by atoms with van der Waals surface area (Å²) in [7, 11) is 0. The Bertz CT molecular complexity index is 694. The number of nitrogens with two attached hydrogens (primary N) is 1. The van der Waals surface area contributed by atoms with Crippen LogP contribution in [0.15, 0.2) is 35.3 Å². The van der Waals surface area contributed by atoms with E-state index in [2.05, 4.69) is 10.3 Å². The predicted molar refractivity (Wildman–Crippen MR) is 93.4 cm³/mol. The zero-order valence-electron chi connectivity index (χ0n) is 13.5. The summed E-state index contributed by atoms with van der Waals surface area (Å²) in [5, 5.41) is 20.1. The molecule has 1 aliphatic rings. The number of aliphatic imine (C=N–C) groups is 1. The van der Waals surface area contributed by atoms with Crippen molar-refractivity contribution in [2.45, 2.75) is 24.4 Å². The van der Waals surface area contributed by atoms with E-state index >= 15 is 0 Å². The first-order valence-electron chi connectivity index (χ1n) is 7.57. The molecule has 1 amide bonds. The quantitative estimate of drug-likeness (QED) is 0.574. The normalized spacial score (nSPS) is 22.4. The van der Waals surface area contributed by atoms with E-state index in [1.54, 1.807) is 37.3 Å². The number of rotatable bonds is 6. The summed E-state index contributed by atoms with van der Waals surface area (Å²) in [5.74, 6) is -3.04. The number of carbonyl (C=O) groups excluding carboxylic acids is 1. The third-order valence-corrected chi connectivity index (χ3v) is 5.17. The number of carbonyl (C=O) groups is 3. The average molecular weight is 365 g/mol. The van der Waals surface area contributed by atoms with E-state index in [1.165, 1.54) is 11.8 Å². The number of aliphatic carboxylic acids is 2. The maximum Gasteiger partial charge on any atom is 0.350 e. The first kappa shape index (κ1) is 18.9. The molecule has 0 fully saturated rings. The smallest absolute Gasteiger partial charge is 0.350 e. The van der Waals surface area contributed by atoms with Crippen molar-refractivity contribution < 1.29 is 24.6 Å². The highest BCUT2D eigenvalue weighted by Gasteiger charge is 2.36. The molecule has 4 atom stereocenters. The number of nitrogens with one attached hydrogen (secondary N) is 1. The second-order valence-corrected chi connectivity index (χ2v) is 6.81. The SMILES string of the molecule is C[C@H]1CS[C@H]([C@H](NC(=O)[C@H](N)c2ccccc2)C(=O)O)N=C1C(=O)O. The number of hydrogen-bond donors (Lipinski definition) is 4. The standard InChI is InChI=1S/C16H19N3O5S/c1-8-7-25-14(19-11(8)15(21)22)12(16(23)24)18-13(20)10(17)9-5-3-2-4-6-9/h2-6,8,10,12,14H,7,17H2,1H3,(H,18,20)(H,21,22)(H,23,24)/t8-,10+,12-,14+/m0/s1. The monoisotopic (exact) mass is 365 g/mol. The molecule has 0 saturated carbocycles. The lowest BCUT2D eigenvalue weighted by atomic mass is 10.1. The molecule has 0 unspecified atom stereocenters. The van der Waals surface area contributed by atoms with E-state index in [4.69, 9.17) is 5.73 Å². The van der Waals surface area contributed by atoms with Crippen LogP contribution in [0, 0.1) is 5.92 Å². The maximum absolute atomic E-state index is 12.3. The minimum absolute atomic E-state index is 0.0865. The zero-order chi connectivity index (χ0) is 18.6. The number of carboxylic acids is 2. The van der Waals surface area contributed by atoms with Crippen molar-refractivity contribution >= 4 is 35.3 Å². The molecule has 2 rings (SSSR count). The van der Waals surface area contributed by atoms with Crippen LogP contribution in [0.3, 0.4) is 0 Å². The lowest BCUT2D eigenvalue weighted by Gasteiger charge is -2.28. The van der Waals surface area contributed by atoms with Gasteiger partial charge in [-0.15, -0.1) is 11.8 Å². The Morgan fingerprint density at radius 3 is 2.48 bits per heavy atom. The Morgan fingerprint density at radius 2 is 1.92 bits per heavy atom. The van der Waals surface area contributed by atoms with Gasteiger partial charge in [0.2, 0.25) is 5.91 Å². The fraction of sp³-hybridized carbons (Fsp3) is 0.375. The van der Waals surface area contributed by atoms with Gasteiger partial charge in [-0.1, -0.05) is 37.3 Å². The highest BCUT2D eigenvalue weighted by molar-refractivity contribution is 8.00. The number of carboxylic acid groups (broad SMARTS) is 2. The van der Waals surface area contributed by atoms with E-state index in [0.29, 0.717) is 11.3 Å². The van der Waals surface area contributed by atoms with Crippen molar-refractivity contribution in [2.75, 3.05) is 5.75 Å². The summed E-state index contributed by atoms with van der Waals surface area (Å²) >= 11 is 1.19. The highest BCUT2D eigenvalue weighted by Crippen LogP contribution is 2.27. The molecule has 1 aromatic rings. The summed E-state index contributed by atoms with van der Waals surface area (Å²) in [6.45, 7) is 1.70. The van der Waals surface area contributed by atoms with Gasteiger partial charge >= 0.3 is 11.9 Å². The highest BCUT2D eigenvalue weighted by atomic mass is 32.2. The fourth-order valence-electron chi connectivity index (χ4n) is 2.37. The molecule has 0 radical (unpaired) electrons. The lowest BCUT2D eigenvalue weighted by Crippen LogP contribution is -2.51. The van der Waals surface area contributed by atoms with Crippen LogP contribution in [0.1, 0.15) is 18.5 Å². The van der Waals surface area contributed by atoms with Gasteiger partial charge in [0, 0.05) is 11.7 Å². The second kappa shape index (κ2) is 8.13. The summed E-state index contributed by atoms with van der Waals surface area (Å²) in [5.41, 5.74) is 6.33. The maximum atomic E-state index is 12.3. The van der Waals surface area contributed by atoms with Crippen molar-refractivity contribution in [3.8, 4) is 0 Å². The molecule has 0 saturated heterocycles. The van der Waals surface area contributed by atoms with Gasteiger partial charge in [0.25, 0.3) is 0 Å². The molecule has 0 aliphatic carbocycles. The third-order valence-electron chi connectivity index (χ3n) is 3.76. The Labute approximate surface area is 148 Å². The number of thioether (sulfide) groups is 1. The summed E-state index contributed by atoms with van der Waals surface area (Å²) in [6.07, 6.45) is 0. The van der Waals surface area contributed by atoms with Gasteiger partial charge in [-0.25, -0.2) is 9.59 Å². The van der Waals surface area contributed by atoms with Gasteiger partial charge in [0.05, 0.1) is 0 Å². The van der Waals surface area contributed by atoms with Crippen LogP contribution in [0.2, 0.25) is 0 Å². The molecule has 5 N–H and O–H groups in total. The van der Waals surface area contributed by atoms with Crippen molar-refractivity contribution in [3.05, 3.63) is 35.9 Å².